The highest BCUT2D eigenvalue weighted by atomic mass is 32.1. The summed E-state index contributed by atoms with van der Waals surface area (Å²) in [5.74, 6) is 0. The first-order valence-electron chi connectivity index (χ1n) is 14.5. The fourth-order valence-electron chi connectivity index (χ4n) is 6.64. The number of nitrogens with zero attached hydrogens (tertiary/aromatic N) is 5. The van der Waals surface area contributed by atoms with Crippen molar-refractivity contribution >= 4 is 53.3 Å². The first-order valence-corrected chi connectivity index (χ1v) is 15.3. The molecule has 8 aromatic rings. The minimum Gasteiger partial charge on any atom is -0.309 e. The third-order valence-corrected chi connectivity index (χ3v) is 9.73. The zero-order chi connectivity index (χ0) is 31.4. The molecule has 210 valence electrons. The lowest BCUT2D eigenvalue weighted by Gasteiger charge is -2.11. The average molecular weight is 602 g/mol. The minimum absolute atomic E-state index is 0.425. The standard InChI is InChI=1S/C40H19N5S/c41-20-25-6-3-7-26(21-42)38(25)24-14-16-31-35(18-24)45(29-15-17-37-33(19-29)30-10-1-2-13-36(30)46-37)34-12-5-11-32(40(31)34)39-27(22-43)8-4-9-28(39)23-44/h1-19H. The van der Waals surface area contributed by atoms with Crippen LogP contribution in [0.5, 0.6) is 0 Å². The van der Waals surface area contributed by atoms with Crippen LogP contribution in [0.25, 0.3) is 69.9 Å². The van der Waals surface area contributed by atoms with E-state index in [0.29, 0.717) is 33.4 Å². The zero-order valence-corrected chi connectivity index (χ0v) is 24.9. The Labute approximate surface area is 267 Å². The average Bonchev–Trinajstić information content (AvgIpc) is 3.65. The van der Waals surface area contributed by atoms with Gasteiger partial charge in [-0.25, -0.2) is 0 Å². The Hall–Kier alpha value is -6.70. The summed E-state index contributed by atoms with van der Waals surface area (Å²) in [6.45, 7) is 0. The molecule has 0 spiro atoms. The molecule has 0 saturated carbocycles. The molecule has 8 rings (SSSR count). The molecule has 2 heterocycles. The Morgan fingerprint density at radius 1 is 0.478 bits per heavy atom. The highest BCUT2D eigenvalue weighted by Crippen LogP contribution is 2.43. The number of thiophene rings is 1. The Morgan fingerprint density at radius 2 is 1.11 bits per heavy atom. The van der Waals surface area contributed by atoms with Gasteiger partial charge in [0, 0.05) is 47.8 Å². The second kappa shape index (κ2) is 10.5. The normalized spacial score (nSPS) is 11.0. The largest absolute Gasteiger partial charge is 0.309 e. The van der Waals surface area contributed by atoms with Crippen molar-refractivity contribution in [2.75, 3.05) is 0 Å². The lowest BCUT2D eigenvalue weighted by molar-refractivity contribution is 1.19. The SMILES string of the molecule is N#Cc1cccc(C#N)c1-c1ccc2c3c(-c4c(C#N)cccc4C#N)cccc3n(-c3ccc4sc5ccccc5c4c3)c2c1. The molecule has 0 aliphatic heterocycles. The molecule has 0 fully saturated rings. The van der Waals surface area contributed by atoms with Crippen molar-refractivity contribution in [1.29, 1.82) is 21.0 Å². The number of fused-ring (bicyclic) bond motifs is 6. The van der Waals surface area contributed by atoms with Crippen LogP contribution in [0, 0.1) is 45.3 Å². The fraction of sp³-hybridized carbons (Fsp3) is 0. The van der Waals surface area contributed by atoms with Crippen molar-refractivity contribution in [3.8, 4) is 52.2 Å². The summed E-state index contributed by atoms with van der Waals surface area (Å²) in [4.78, 5) is 0. The molecular weight excluding hydrogens is 583 g/mol. The Bertz CT molecular complexity index is 2690. The van der Waals surface area contributed by atoms with Gasteiger partial charge >= 0.3 is 0 Å². The smallest absolute Gasteiger partial charge is 0.0998 e. The van der Waals surface area contributed by atoms with Gasteiger partial charge in [0.05, 0.1) is 57.6 Å². The molecule has 0 unspecified atom stereocenters. The van der Waals surface area contributed by atoms with E-state index in [1.807, 2.05) is 30.3 Å². The Kier molecular flexibility index (Phi) is 6.13. The van der Waals surface area contributed by atoms with E-state index >= 15 is 0 Å². The summed E-state index contributed by atoms with van der Waals surface area (Å²) >= 11 is 1.76. The van der Waals surface area contributed by atoms with E-state index in [9.17, 15) is 21.0 Å². The van der Waals surface area contributed by atoms with E-state index in [4.69, 9.17) is 0 Å². The number of benzene rings is 6. The lowest BCUT2D eigenvalue weighted by Crippen LogP contribution is -1.95. The quantitative estimate of drug-likeness (QED) is 0.201. The summed E-state index contributed by atoms with van der Waals surface area (Å²) < 4.78 is 4.61. The van der Waals surface area contributed by atoms with E-state index in [2.05, 4.69) is 77.4 Å². The third kappa shape index (κ3) is 3.90. The van der Waals surface area contributed by atoms with E-state index in [-0.39, 0.29) is 0 Å². The first-order chi connectivity index (χ1) is 22.6. The third-order valence-electron chi connectivity index (χ3n) is 8.58. The van der Waals surface area contributed by atoms with E-state index < -0.39 is 0 Å². The number of hydrogen-bond acceptors (Lipinski definition) is 5. The monoisotopic (exact) mass is 601 g/mol. The maximum absolute atomic E-state index is 10.1. The van der Waals surface area contributed by atoms with Crippen molar-refractivity contribution in [3.05, 3.63) is 138 Å². The molecule has 2 aromatic heterocycles. The summed E-state index contributed by atoms with van der Waals surface area (Å²) in [5, 5.41) is 44.3. The molecule has 0 saturated heterocycles. The van der Waals surface area contributed by atoms with Crippen LogP contribution in [0.1, 0.15) is 22.3 Å². The zero-order valence-electron chi connectivity index (χ0n) is 24.1. The summed E-state index contributed by atoms with van der Waals surface area (Å²) in [5.41, 5.74) is 7.18. The van der Waals surface area contributed by atoms with Crippen molar-refractivity contribution in [3.63, 3.8) is 0 Å². The van der Waals surface area contributed by atoms with Gasteiger partial charge in [-0.05, 0) is 71.8 Å². The highest BCUT2D eigenvalue weighted by molar-refractivity contribution is 7.25. The van der Waals surface area contributed by atoms with Crippen LogP contribution in [-0.2, 0) is 0 Å². The van der Waals surface area contributed by atoms with Gasteiger partial charge in [-0.15, -0.1) is 11.3 Å². The maximum Gasteiger partial charge on any atom is 0.0998 e. The Morgan fingerprint density at radius 3 is 1.80 bits per heavy atom. The summed E-state index contributed by atoms with van der Waals surface area (Å²) in [6, 6.07) is 46.3. The molecule has 5 nitrogen and oxygen atoms in total. The van der Waals surface area contributed by atoms with Crippen LogP contribution in [0.4, 0.5) is 0 Å². The van der Waals surface area contributed by atoms with Crippen LogP contribution in [0.3, 0.4) is 0 Å². The molecule has 0 N–H and O–H groups in total. The number of rotatable bonds is 3. The number of aromatic nitrogens is 1. The van der Waals surface area contributed by atoms with Crippen molar-refractivity contribution in [2.45, 2.75) is 0 Å². The number of hydrogen-bond donors (Lipinski definition) is 0. The molecule has 6 aromatic carbocycles. The van der Waals surface area contributed by atoms with Crippen molar-refractivity contribution in [1.82, 2.24) is 4.57 Å². The van der Waals surface area contributed by atoms with Gasteiger partial charge in [0.2, 0.25) is 0 Å². The molecule has 0 aliphatic rings. The van der Waals surface area contributed by atoms with Crippen LogP contribution in [0.2, 0.25) is 0 Å². The van der Waals surface area contributed by atoms with Gasteiger partial charge in [-0.3, -0.25) is 0 Å². The topological polar surface area (TPSA) is 100 Å². The Balaban J connectivity index is 1.53. The van der Waals surface area contributed by atoms with Gasteiger partial charge in [0.15, 0.2) is 0 Å². The molecular formula is C40H19N5S. The maximum atomic E-state index is 10.1. The predicted molar refractivity (Wildman–Crippen MR) is 183 cm³/mol. The van der Waals surface area contributed by atoms with Crippen LogP contribution in [-0.4, -0.2) is 4.57 Å². The molecule has 0 aliphatic carbocycles. The van der Waals surface area contributed by atoms with Crippen LogP contribution >= 0.6 is 11.3 Å². The van der Waals surface area contributed by atoms with Crippen molar-refractivity contribution < 1.29 is 0 Å². The van der Waals surface area contributed by atoms with E-state index in [1.54, 1.807) is 47.7 Å². The second-order valence-corrected chi connectivity index (χ2v) is 12.0. The molecule has 0 radical (unpaired) electrons. The fourth-order valence-corrected chi connectivity index (χ4v) is 7.73. The van der Waals surface area contributed by atoms with Gasteiger partial charge in [-0.1, -0.05) is 54.6 Å². The minimum atomic E-state index is 0.425. The van der Waals surface area contributed by atoms with Crippen LogP contribution < -0.4 is 0 Å². The second-order valence-electron chi connectivity index (χ2n) is 10.9. The van der Waals surface area contributed by atoms with E-state index in [1.165, 1.54) is 14.8 Å². The molecule has 0 amide bonds. The molecule has 0 atom stereocenters. The lowest BCUT2D eigenvalue weighted by atomic mass is 9.91. The number of nitriles is 4. The van der Waals surface area contributed by atoms with Gasteiger partial charge in [0.1, 0.15) is 0 Å². The summed E-state index contributed by atoms with van der Waals surface area (Å²) in [7, 11) is 0. The van der Waals surface area contributed by atoms with Gasteiger partial charge in [-0.2, -0.15) is 21.0 Å². The molecule has 0 bridgehead atoms. The highest BCUT2D eigenvalue weighted by Gasteiger charge is 2.22. The first kappa shape index (κ1) is 26.9. The van der Waals surface area contributed by atoms with Gasteiger partial charge in [0.25, 0.3) is 0 Å². The molecule has 46 heavy (non-hydrogen) atoms. The predicted octanol–water partition coefficient (Wildman–Crippen LogP) is 9.97. The summed E-state index contributed by atoms with van der Waals surface area (Å²) in [6.07, 6.45) is 0. The molecule has 6 heteroatoms. The van der Waals surface area contributed by atoms with Crippen molar-refractivity contribution in [2.24, 2.45) is 0 Å². The van der Waals surface area contributed by atoms with E-state index in [0.717, 1.165) is 44.0 Å². The van der Waals surface area contributed by atoms with Gasteiger partial charge < -0.3 is 4.57 Å². The van der Waals surface area contributed by atoms with Crippen LogP contribution in [0.15, 0.2) is 115 Å².